The minimum Gasteiger partial charge on any atom is -0.498 e. The molecule has 0 spiro atoms. The van der Waals surface area contributed by atoms with E-state index in [0.717, 1.165) is 17.5 Å². The van der Waals surface area contributed by atoms with Crippen molar-refractivity contribution in [1.29, 1.82) is 0 Å². The Hall–Kier alpha value is -1.96. The van der Waals surface area contributed by atoms with Crippen molar-refractivity contribution >= 4 is 12.6 Å². The number of benzene rings is 2. The van der Waals surface area contributed by atoms with Crippen LogP contribution in [0.1, 0.15) is 17.5 Å². The number of rotatable bonds is 6. The van der Waals surface area contributed by atoms with Crippen LogP contribution in [0.3, 0.4) is 0 Å². The summed E-state index contributed by atoms with van der Waals surface area (Å²) in [6, 6.07) is 21.7. The Morgan fingerprint density at radius 3 is 1.95 bits per heavy atom. The van der Waals surface area contributed by atoms with Crippen LogP contribution in [0.2, 0.25) is 0 Å². The van der Waals surface area contributed by atoms with Crippen LogP contribution >= 0.6 is 12.6 Å². The second-order valence-electron chi connectivity index (χ2n) is 4.54. The molecular weight excluding hydrogens is 282 g/mol. The van der Waals surface area contributed by atoms with Crippen molar-refractivity contribution in [3.8, 4) is 6.07 Å². The number of hydrogen-bond acceptors (Lipinski definition) is 3. The molecule has 2 aromatic carbocycles. The molecule has 2 aromatic rings. The van der Waals surface area contributed by atoms with Gasteiger partial charge in [-0.2, -0.15) is 12.6 Å². The third-order valence-electron chi connectivity index (χ3n) is 3.18. The number of hydrogen-bond donors (Lipinski definition) is 1. The highest BCUT2D eigenvalue weighted by Gasteiger charge is 2.40. The van der Waals surface area contributed by atoms with Gasteiger partial charge >= 0.3 is 6.07 Å². The maximum atomic E-state index is 10.9. The summed E-state index contributed by atoms with van der Waals surface area (Å²) in [5.41, 5.74) is 0.581. The van der Waals surface area contributed by atoms with Gasteiger partial charge in [-0.15, -0.1) is 0 Å². The van der Waals surface area contributed by atoms with E-state index in [0.29, 0.717) is 12.4 Å². The number of ether oxygens (including phenoxy) is 1. The summed E-state index contributed by atoms with van der Waals surface area (Å²) >= 11 is 4.19. The van der Waals surface area contributed by atoms with Crippen molar-refractivity contribution in [1.82, 2.24) is 0 Å². The average molecular weight is 299 g/mol. The van der Waals surface area contributed by atoms with Crippen LogP contribution in [0.4, 0.5) is 0 Å². The quantitative estimate of drug-likeness (QED) is 0.495. The summed E-state index contributed by atoms with van der Waals surface area (Å²) in [5, 5.41) is 13.8. The fourth-order valence-corrected chi connectivity index (χ4v) is 2.32. The van der Waals surface area contributed by atoms with Gasteiger partial charge in [0.05, 0.1) is 6.61 Å². The Bertz CT molecular complexity index is 565. The highest BCUT2D eigenvalue weighted by molar-refractivity contribution is 7.80. The lowest BCUT2D eigenvalue weighted by Crippen LogP contribution is -2.30. The van der Waals surface area contributed by atoms with Crippen LogP contribution in [-0.2, 0) is 10.3 Å². The van der Waals surface area contributed by atoms with Gasteiger partial charge in [-0.05, 0) is 12.2 Å². The van der Waals surface area contributed by atoms with E-state index in [9.17, 15) is 5.21 Å². The lowest BCUT2D eigenvalue weighted by molar-refractivity contribution is 0.0270. The molecule has 0 aromatic heterocycles. The Morgan fingerprint density at radius 1 is 1.00 bits per heavy atom. The fraction of sp³-hybridized carbons (Fsp3) is 0.235. The zero-order chi connectivity index (χ0) is 15.0. The van der Waals surface area contributed by atoms with Crippen molar-refractivity contribution in [2.24, 2.45) is 0 Å². The summed E-state index contributed by atoms with van der Waals surface area (Å²) in [7, 11) is 0. The van der Waals surface area contributed by atoms with E-state index < -0.39 is 5.60 Å². The van der Waals surface area contributed by atoms with E-state index in [-0.39, 0.29) is 0 Å². The molecule has 108 valence electrons. The second-order valence-corrected chi connectivity index (χ2v) is 4.99. The summed E-state index contributed by atoms with van der Waals surface area (Å²) in [4.78, 5) is 0. The molecule has 0 aliphatic heterocycles. The van der Waals surface area contributed by atoms with Gasteiger partial charge in [-0.1, -0.05) is 60.7 Å². The van der Waals surface area contributed by atoms with Crippen molar-refractivity contribution < 1.29 is 4.74 Å². The van der Waals surface area contributed by atoms with Crippen LogP contribution in [-0.4, -0.2) is 12.4 Å². The van der Waals surface area contributed by atoms with Gasteiger partial charge in [0, 0.05) is 16.1 Å². The minimum absolute atomic E-state index is 0.468. The van der Waals surface area contributed by atoms with E-state index in [1.807, 2.05) is 60.7 Å². The van der Waals surface area contributed by atoms with E-state index in [1.165, 1.54) is 0 Å². The number of nitrogens with zero attached hydrogens (tertiary/aromatic N) is 1. The molecule has 0 atom stereocenters. The molecule has 3 nitrogen and oxygen atoms in total. The van der Waals surface area contributed by atoms with Crippen LogP contribution in [0.15, 0.2) is 60.7 Å². The predicted octanol–water partition coefficient (Wildman–Crippen LogP) is 4.10. The first-order valence-electron chi connectivity index (χ1n) is 6.79. The predicted molar refractivity (Wildman–Crippen MR) is 88.7 cm³/mol. The van der Waals surface area contributed by atoms with Gasteiger partial charge in [-0.25, -0.2) is 0 Å². The molecule has 0 heterocycles. The first-order valence-corrected chi connectivity index (χ1v) is 7.42. The first kappa shape index (κ1) is 15.4. The van der Waals surface area contributed by atoms with Crippen LogP contribution in [0, 0.1) is 11.3 Å². The van der Waals surface area contributed by atoms with Gasteiger partial charge in [-0.3, -0.25) is 0 Å². The van der Waals surface area contributed by atoms with Crippen molar-refractivity contribution in [3.05, 3.63) is 82.0 Å². The van der Waals surface area contributed by atoms with Crippen LogP contribution in [0.25, 0.3) is 5.01 Å². The summed E-state index contributed by atoms with van der Waals surface area (Å²) in [5.74, 6) is 0.716. The lowest BCUT2D eigenvalue weighted by Gasteiger charge is -2.25. The molecular formula is C17H17NO2S. The summed E-state index contributed by atoms with van der Waals surface area (Å²) < 4.78 is 6.03. The standard InChI is InChI=1S/C17H17NO2S/c19-18-14-17(20-12-7-13-21,15-8-3-1-4-9-15)16-10-5-2-6-11-16/h1-6,8-11,21H,7,12-13H2. The molecule has 0 radical (unpaired) electrons. The third-order valence-corrected chi connectivity index (χ3v) is 3.50. The van der Waals surface area contributed by atoms with E-state index >= 15 is 0 Å². The molecule has 0 unspecified atom stereocenters. The zero-order valence-electron chi connectivity index (χ0n) is 11.6. The second kappa shape index (κ2) is 7.72. The third kappa shape index (κ3) is 3.57. The monoisotopic (exact) mass is 299 g/mol. The smallest absolute Gasteiger partial charge is 0.344 e. The van der Waals surface area contributed by atoms with Gasteiger partial charge in [0.15, 0.2) is 0 Å². The topological polar surface area (TPSA) is 36.6 Å². The molecule has 4 heteroatoms. The van der Waals surface area contributed by atoms with Crippen molar-refractivity contribution in [3.63, 3.8) is 0 Å². The molecule has 0 saturated carbocycles. The normalized spacial score (nSPS) is 10.7. The van der Waals surface area contributed by atoms with Crippen molar-refractivity contribution in [2.45, 2.75) is 12.0 Å². The fourth-order valence-electron chi connectivity index (χ4n) is 2.19. The Balaban J connectivity index is 2.51. The maximum absolute atomic E-state index is 10.9. The average Bonchev–Trinajstić information content (AvgIpc) is 2.56. The molecule has 0 amide bonds. The van der Waals surface area contributed by atoms with Gasteiger partial charge in [0.1, 0.15) is 0 Å². The first-order chi connectivity index (χ1) is 10.3. The highest BCUT2D eigenvalue weighted by Crippen LogP contribution is 2.33. The largest absolute Gasteiger partial charge is 0.498 e. The van der Waals surface area contributed by atoms with Gasteiger partial charge in [0.25, 0.3) is 5.60 Å². The maximum Gasteiger partial charge on any atom is 0.344 e. The summed E-state index contributed by atoms with van der Waals surface area (Å²) in [6.45, 7) is 0.468. The molecule has 0 bridgehead atoms. The molecule has 0 saturated heterocycles. The van der Waals surface area contributed by atoms with Gasteiger partial charge in [0.2, 0.25) is 0 Å². The SMILES string of the molecule is [O-][N+]#CC(OCCCS)(c1ccccc1)c1ccccc1. The molecule has 0 aliphatic carbocycles. The van der Waals surface area contributed by atoms with Crippen LogP contribution < -0.4 is 0 Å². The molecule has 2 rings (SSSR count). The molecule has 0 aliphatic rings. The van der Waals surface area contributed by atoms with E-state index in [4.69, 9.17) is 4.74 Å². The minimum atomic E-state index is -1.08. The van der Waals surface area contributed by atoms with E-state index in [1.54, 1.807) is 0 Å². The molecule has 0 fully saturated rings. The Morgan fingerprint density at radius 2 is 1.52 bits per heavy atom. The summed E-state index contributed by atoms with van der Waals surface area (Å²) in [6.07, 6.45) is 0.783. The van der Waals surface area contributed by atoms with E-state index in [2.05, 4.69) is 23.7 Å². The lowest BCUT2D eigenvalue weighted by atomic mass is 9.87. The van der Waals surface area contributed by atoms with Crippen LogP contribution in [0.5, 0.6) is 0 Å². The Kier molecular flexibility index (Phi) is 5.68. The highest BCUT2D eigenvalue weighted by atomic mass is 32.1. The molecule has 0 N–H and O–H groups in total. The number of thiol groups is 1. The Labute approximate surface area is 130 Å². The molecule has 21 heavy (non-hydrogen) atoms. The van der Waals surface area contributed by atoms with Crippen molar-refractivity contribution in [2.75, 3.05) is 12.4 Å². The van der Waals surface area contributed by atoms with Gasteiger partial charge < -0.3 is 9.94 Å². The zero-order valence-corrected chi connectivity index (χ0v) is 12.5.